The quantitative estimate of drug-likeness (QED) is 0.771. The molecule has 0 bridgehead atoms. The Morgan fingerprint density at radius 2 is 1.95 bits per heavy atom. The fourth-order valence-electron chi connectivity index (χ4n) is 1.88. The van der Waals surface area contributed by atoms with Crippen LogP contribution < -0.4 is 4.74 Å². The number of rotatable bonds is 3. The molecule has 3 aromatic rings. The first-order valence-electron chi connectivity index (χ1n) is 5.82. The van der Waals surface area contributed by atoms with E-state index < -0.39 is 0 Å². The van der Waals surface area contributed by atoms with E-state index in [-0.39, 0.29) is 12.4 Å². The third-order valence-electron chi connectivity index (χ3n) is 2.78. The molecule has 0 saturated heterocycles. The van der Waals surface area contributed by atoms with Crippen molar-refractivity contribution >= 4 is 22.6 Å². The zero-order chi connectivity index (χ0) is 13.2. The second-order valence-corrected chi connectivity index (χ2v) is 4.53. The van der Waals surface area contributed by atoms with Gasteiger partial charge in [-0.25, -0.2) is 0 Å². The van der Waals surface area contributed by atoms with E-state index in [2.05, 4.69) is 0 Å². The normalized spacial score (nSPS) is 10.8. The topological polar surface area (TPSA) is 42.6 Å². The summed E-state index contributed by atoms with van der Waals surface area (Å²) >= 11 is 6.04. The lowest BCUT2D eigenvalue weighted by Gasteiger charge is -2.05. The second kappa shape index (κ2) is 4.86. The highest BCUT2D eigenvalue weighted by Gasteiger charge is 2.08. The van der Waals surface area contributed by atoms with Crippen LogP contribution in [0.5, 0.6) is 11.5 Å². The molecule has 0 saturated carbocycles. The minimum atomic E-state index is 0.108. The highest BCUT2D eigenvalue weighted by molar-refractivity contribution is 6.34. The number of phenolic OH excluding ortho intramolecular Hbond substituents is 1. The zero-order valence-corrected chi connectivity index (χ0v) is 10.7. The maximum absolute atomic E-state index is 9.60. The van der Waals surface area contributed by atoms with Gasteiger partial charge < -0.3 is 14.3 Å². The van der Waals surface area contributed by atoms with Crippen molar-refractivity contribution in [2.45, 2.75) is 6.61 Å². The molecule has 0 amide bonds. The van der Waals surface area contributed by atoms with E-state index in [9.17, 15) is 5.11 Å². The van der Waals surface area contributed by atoms with Crippen molar-refractivity contribution in [3.05, 3.63) is 59.3 Å². The Morgan fingerprint density at radius 1 is 1.11 bits per heavy atom. The predicted molar refractivity (Wildman–Crippen MR) is 73.7 cm³/mol. The average molecular weight is 275 g/mol. The Morgan fingerprint density at radius 3 is 2.74 bits per heavy atom. The molecule has 1 aromatic heterocycles. The highest BCUT2D eigenvalue weighted by atomic mass is 35.5. The van der Waals surface area contributed by atoms with Crippen LogP contribution in [0.4, 0.5) is 0 Å². The maximum Gasteiger partial charge on any atom is 0.161 e. The van der Waals surface area contributed by atoms with Gasteiger partial charge in [0, 0.05) is 5.39 Å². The smallest absolute Gasteiger partial charge is 0.161 e. The summed E-state index contributed by atoms with van der Waals surface area (Å²) in [5.41, 5.74) is 0.653. The third-order valence-corrected chi connectivity index (χ3v) is 3.08. The molecule has 3 rings (SSSR count). The molecule has 1 N–H and O–H groups in total. The van der Waals surface area contributed by atoms with E-state index in [0.29, 0.717) is 22.1 Å². The molecule has 96 valence electrons. The van der Waals surface area contributed by atoms with Crippen LogP contribution in [0.15, 0.2) is 52.9 Å². The van der Waals surface area contributed by atoms with E-state index in [1.165, 1.54) is 0 Å². The van der Waals surface area contributed by atoms with Gasteiger partial charge in [-0.3, -0.25) is 0 Å². The van der Waals surface area contributed by atoms with E-state index in [4.69, 9.17) is 20.8 Å². The van der Waals surface area contributed by atoms with Gasteiger partial charge in [0.25, 0.3) is 0 Å². The molecule has 0 fully saturated rings. The number of para-hydroxylation sites is 3. The molecule has 0 aliphatic carbocycles. The Hall–Kier alpha value is -2.13. The lowest BCUT2D eigenvalue weighted by Crippen LogP contribution is -1.93. The Balaban J connectivity index is 1.83. The van der Waals surface area contributed by atoms with Gasteiger partial charge in [-0.05, 0) is 24.3 Å². The molecule has 0 aliphatic rings. The van der Waals surface area contributed by atoms with Gasteiger partial charge in [0.15, 0.2) is 17.1 Å². The Bertz CT molecular complexity index is 718. The second-order valence-electron chi connectivity index (χ2n) is 4.13. The molecule has 0 spiro atoms. The average Bonchev–Trinajstić information content (AvgIpc) is 2.82. The number of phenols is 1. The Kier molecular flexibility index (Phi) is 3.05. The van der Waals surface area contributed by atoms with Crippen molar-refractivity contribution in [2.75, 3.05) is 0 Å². The fourth-order valence-corrected chi connectivity index (χ4v) is 2.10. The summed E-state index contributed by atoms with van der Waals surface area (Å²) in [5.74, 6) is 1.19. The first-order valence-corrected chi connectivity index (χ1v) is 6.19. The van der Waals surface area contributed by atoms with E-state index in [1.54, 1.807) is 30.3 Å². The van der Waals surface area contributed by atoms with Crippen molar-refractivity contribution in [3.8, 4) is 11.5 Å². The summed E-state index contributed by atoms with van der Waals surface area (Å²) in [6.07, 6.45) is 0. The molecular formula is C15H11ClO3. The van der Waals surface area contributed by atoms with E-state index in [0.717, 1.165) is 5.39 Å². The van der Waals surface area contributed by atoms with Gasteiger partial charge in [-0.1, -0.05) is 35.9 Å². The number of halogens is 1. The number of hydrogen-bond acceptors (Lipinski definition) is 3. The molecule has 0 atom stereocenters. The van der Waals surface area contributed by atoms with E-state index in [1.807, 2.05) is 18.2 Å². The molecular weight excluding hydrogens is 264 g/mol. The van der Waals surface area contributed by atoms with Gasteiger partial charge >= 0.3 is 0 Å². The van der Waals surface area contributed by atoms with Gasteiger partial charge in [-0.2, -0.15) is 0 Å². The number of ether oxygens (including phenoxy) is 1. The molecule has 1 heterocycles. The highest BCUT2D eigenvalue weighted by Crippen LogP contribution is 2.29. The van der Waals surface area contributed by atoms with Crippen LogP contribution >= 0.6 is 11.6 Å². The summed E-state index contributed by atoms with van der Waals surface area (Å²) in [7, 11) is 0. The molecule has 0 unspecified atom stereocenters. The number of benzene rings is 2. The van der Waals surface area contributed by atoms with Crippen LogP contribution in [0.2, 0.25) is 5.02 Å². The van der Waals surface area contributed by atoms with Crippen molar-refractivity contribution in [3.63, 3.8) is 0 Å². The Labute approximate surface area is 115 Å². The van der Waals surface area contributed by atoms with Crippen molar-refractivity contribution in [1.82, 2.24) is 0 Å². The van der Waals surface area contributed by atoms with Crippen LogP contribution in [0.25, 0.3) is 11.0 Å². The largest absolute Gasteiger partial charge is 0.504 e. The van der Waals surface area contributed by atoms with Crippen molar-refractivity contribution < 1.29 is 14.3 Å². The number of hydrogen-bond donors (Lipinski definition) is 1. The van der Waals surface area contributed by atoms with Crippen LogP contribution in [-0.2, 0) is 6.61 Å². The molecule has 19 heavy (non-hydrogen) atoms. The first-order chi connectivity index (χ1) is 9.24. The third kappa shape index (κ3) is 2.37. The van der Waals surface area contributed by atoms with Gasteiger partial charge in [0.2, 0.25) is 0 Å². The van der Waals surface area contributed by atoms with Gasteiger partial charge in [-0.15, -0.1) is 0 Å². The number of furan rings is 1. The molecule has 3 nitrogen and oxygen atoms in total. The van der Waals surface area contributed by atoms with Crippen LogP contribution in [0.3, 0.4) is 0 Å². The number of aromatic hydroxyl groups is 1. The SMILES string of the molecule is Oc1ccccc1OCc1cc2cccc(Cl)c2o1. The summed E-state index contributed by atoms with van der Waals surface area (Å²) in [6.45, 7) is 0.239. The van der Waals surface area contributed by atoms with Crippen LogP contribution in [0.1, 0.15) is 5.76 Å². The lowest BCUT2D eigenvalue weighted by atomic mass is 10.2. The zero-order valence-electron chi connectivity index (χ0n) is 9.97. The minimum Gasteiger partial charge on any atom is -0.504 e. The van der Waals surface area contributed by atoms with E-state index >= 15 is 0 Å². The summed E-state index contributed by atoms with van der Waals surface area (Å²) in [4.78, 5) is 0. The van der Waals surface area contributed by atoms with Crippen LogP contribution in [0, 0.1) is 0 Å². The minimum absolute atomic E-state index is 0.108. The first kappa shape index (κ1) is 11.9. The van der Waals surface area contributed by atoms with Crippen LogP contribution in [-0.4, -0.2) is 5.11 Å². The molecule has 0 radical (unpaired) electrons. The lowest BCUT2D eigenvalue weighted by molar-refractivity contribution is 0.262. The number of fused-ring (bicyclic) bond motifs is 1. The summed E-state index contributed by atoms with van der Waals surface area (Å²) < 4.78 is 11.1. The summed E-state index contributed by atoms with van der Waals surface area (Å²) in [5, 5.41) is 11.1. The maximum atomic E-state index is 9.60. The van der Waals surface area contributed by atoms with Crippen molar-refractivity contribution in [1.29, 1.82) is 0 Å². The standard InChI is InChI=1S/C15H11ClO3/c16-12-5-3-4-10-8-11(19-15(10)12)9-18-14-7-2-1-6-13(14)17/h1-8,17H,9H2. The molecule has 2 aromatic carbocycles. The monoisotopic (exact) mass is 274 g/mol. The molecule has 4 heteroatoms. The van der Waals surface area contributed by atoms with Gasteiger partial charge in [0.05, 0.1) is 5.02 Å². The van der Waals surface area contributed by atoms with Crippen molar-refractivity contribution in [2.24, 2.45) is 0 Å². The molecule has 0 aliphatic heterocycles. The fraction of sp³-hybridized carbons (Fsp3) is 0.0667. The van der Waals surface area contributed by atoms with Gasteiger partial charge in [0.1, 0.15) is 12.4 Å². The summed E-state index contributed by atoms with van der Waals surface area (Å²) in [6, 6.07) is 14.3. The predicted octanol–water partition coefficient (Wildman–Crippen LogP) is 4.37.